The summed E-state index contributed by atoms with van der Waals surface area (Å²) in [5, 5.41) is 8.64. The van der Waals surface area contributed by atoms with Crippen LogP contribution in [0.5, 0.6) is 0 Å². The van der Waals surface area contributed by atoms with Crippen LogP contribution in [-0.4, -0.2) is 23.5 Å². The van der Waals surface area contributed by atoms with Crippen LogP contribution in [0.1, 0.15) is 25.3 Å². The van der Waals surface area contributed by atoms with E-state index in [2.05, 4.69) is 11.8 Å². The first-order valence-electron chi connectivity index (χ1n) is 6.28. The number of imide groups is 1. The van der Waals surface area contributed by atoms with Crippen LogP contribution in [0.2, 0.25) is 0 Å². The molecule has 104 valence electrons. The molecule has 4 nitrogen and oxygen atoms in total. The van der Waals surface area contributed by atoms with Crippen molar-refractivity contribution >= 4 is 17.5 Å². The van der Waals surface area contributed by atoms with Crippen molar-refractivity contribution in [3.63, 3.8) is 0 Å². The van der Waals surface area contributed by atoms with Gasteiger partial charge in [-0.3, -0.25) is 14.5 Å². The summed E-state index contributed by atoms with van der Waals surface area (Å²) < 4.78 is 13.5. The summed E-state index contributed by atoms with van der Waals surface area (Å²) in [6, 6.07) is 3.89. The van der Waals surface area contributed by atoms with Gasteiger partial charge in [-0.15, -0.1) is 0 Å². The zero-order valence-corrected chi connectivity index (χ0v) is 11.0. The summed E-state index contributed by atoms with van der Waals surface area (Å²) in [6.45, 7) is 1.46. The Kier molecular flexibility index (Phi) is 4.16. The molecule has 1 aliphatic rings. The Labute approximate surface area is 116 Å². The minimum absolute atomic E-state index is 0.0281. The molecule has 0 bridgehead atoms. The van der Waals surface area contributed by atoms with E-state index in [0.29, 0.717) is 18.5 Å². The maximum Gasteiger partial charge on any atom is 0.234 e. The zero-order valence-electron chi connectivity index (χ0n) is 11.0. The lowest BCUT2D eigenvalue weighted by Crippen LogP contribution is -2.42. The normalized spacial score (nSPS) is 16.1. The monoisotopic (exact) mass is 275 g/mol. The number of hydrogen-bond donors (Lipinski definition) is 1. The number of carbonyl (C=O) groups excluding carboxylic acids is 2. The molecule has 0 radical (unpaired) electrons. The molecule has 0 aromatic heterocycles. The van der Waals surface area contributed by atoms with E-state index in [1.165, 1.54) is 12.1 Å². The highest BCUT2D eigenvalue weighted by molar-refractivity contribution is 6.16. The molecule has 0 unspecified atom stereocenters. The van der Waals surface area contributed by atoms with Gasteiger partial charge < -0.3 is 5.11 Å². The van der Waals surface area contributed by atoms with Crippen molar-refractivity contribution in [1.29, 1.82) is 0 Å². The molecular formula is C15H14FNO3. The standard InChI is InChI=1S/C15H14FNO3/c1-10-7-14(19)17(15(20)8-10)12-4-5-13(16)11(9-12)3-2-6-18/h4-5,9-10,18H,6-8H2,1H3. The molecule has 2 amide bonds. The van der Waals surface area contributed by atoms with E-state index in [1.807, 2.05) is 6.92 Å². The molecule has 0 atom stereocenters. The number of rotatable bonds is 1. The maximum absolute atomic E-state index is 13.5. The SMILES string of the molecule is CC1CC(=O)N(c2ccc(F)c(C#CCO)c2)C(=O)C1. The number of aliphatic hydroxyl groups is 1. The molecule has 1 fully saturated rings. The molecule has 0 aliphatic carbocycles. The number of carbonyl (C=O) groups is 2. The lowest BCUT2D eigenvalue weighted by Gasteiger charge is -2.28. The molecule has 1 aliphatic heterocycles. The van der Waals surface area contributed by atoms with Crippen molar-refractivity contribution in [1.82, 2.24) is 0 Å². The minimum Gasteiger partial charge on any atom is -0.384 e. The Balaban J connectivity index is 2.37. The first-order chi connectivity index (χ1) is 9.52. The van der Waals surface area contributed by atoms with Gasteiger partial charge in [-0.25, -0.2) is 4.39 Å². The predicted octanol–water partition coefficient (Wildman–Crippen LogP) is 1.46. The van der Waals surface area contributed by atoms with E-state index < -0.39 is 5.82 Å². The Bertz CT molecular complexity index is 597. The number of piperidine rings is 1. The van der Waals surface area contributed by atoms with Crippen molar-refractivity contribution in [2.75, 3.05) is 11.5 Å². The van der Waals surface area contributed by atoms with Gasteiger partial charge >= 0.3 is 0 Å². The first kappa shape index (κ1) is 14.2. The first-order valence-corrected chi connectivity index (χ1v) is 6.28. The lowest BCUT2D eigenvalue weighted by atomic mass is 9.97. The maximum atomic E-state index is 13.5. The largest absolute Gasteiger partial charge is 0.384 e. The van der Waals surface area contributed by atoms with E-state index in [4.69, 9.17) is 5.11 Å². The van der Waals surface area contributed by atoms with Crippen LogP contribution in [0.4, 0.5) is 10.1 Å². The molecule has 0 saturated carbocycles. The van der Waals surface area contributed by atoms with Crippen LogP contribution in [0, 0.1) is 23.6 Å². The van der Waals surface area contributed by atoms with Gasteiger partial charge in [0.05, 0.1) is 11.3 Å². The summed E-state index contributed by atoms with van der Waals surface area (Å²) >= 11 is 0. The number of hydrogen-bond acceptors (Lipinski definition) is 3. The fourth-order valence-corrected chi connectivity index (χ4v) is 2.16. The van der Waals surface area contributed by atoms with E-state index >= 15 is 0 Å². The zero-order chi connectivity index (χ0) is 14.7. The quantitative estimate of drug-likeness (QED) is 0.623. The molecule has 1 heterocycles. The Hall–Kier alpha value is -2.19. The Morgan fingerprint density at radius 1 is 1.35 bits per heavy atom. The van der Waals surface area contributed by atoms with Gasteiger partial charge in [0.2, 0.25) is 11.8 Å². The van der Waals surface area contributed by atoms with Crippen LogP contribution < -0.4 is 4.90 Å². The average molecular weight is 275 g/mol. The van der Waals surface area contributed by atoms with Crippen molar-refractivity contribution in [2.24, 2.45) is 5.92 Å². The van der Waals surface area contributed by atoms with Crippen LogP contribution in [-0.2, 0) is 9.59 Å². The van der Waals surface area contributed by atoms with Gasteiger partial charge in [0.15, 0.2) is 0 Å². The number of halogens is 1. The molecule has 5 heteroatoms. The van der Waals surface area contributed by atoms with Crippen LogP contribution in [0.15, 0.2) is 18.2 Å². The summed E-state index contributed by atoms with van der Waals surface area (Å²) in [7, 11) is 0. The molecule has 1 N–H and O–H groups in total. The fourth-order valence-electron chi connectivity index (χ4n) is 2.16. The van der Waals surface area contributed by atoms with Crippen molar-refractivity contribution in [3.05, 3.63) is 29.6 Å². The molecule has 1 saturated heterocycles. The third kappa shape index (κ3) is 2.86. The smallest absolute Gasteiger partial charge is 0.234 e. The average Bonchev–Trinajstić information content (AvgIpc) is 2.38. The molecule has 20 heavy (non-hydrogen) atoms. The summed E-state index contributed by atoms with van der Waals surface area (Å²) in [4.78, 5) is 25.0. The third-order valence-electron chi connectivity index (χ3n) is 3.06. The van der Waals surface area contributed by atoms with Gasteiger partial charge in [0.1, 0.15) is 12.4 Å². The van der Waals surface area contributed by atoms with Gasteiger partial charge in [-0.2, -0.15) is 0 Å². The van der Waals surface area contributed by atoms with E-state index in [0.717, 1.165) is 11.0 Å². The van der Waals surface area contributed by atoms with E-state index in [9.17, 15) is 14.0 Å². The van der Waals surface area contributed by atoms with Crippen molar-refractivity contribution in [3.8, 4) is 11.8 Å². The van der Waals surface area contributed by atoms with Crippen LogP contribution in [0.25, 0.3) is 0 Å². The van der Waals surface area contributed by atoms with Crippen LogP contribution >= 0.6 is 0 Å². The highest BCUT2D eigenvalue weighted by atomic mass is 19.1. The predicted molar refractivity (Wildman–Crippen MR) is 71.3 cm³/mol. The van der Waals surface area contributed by atoms with Gasteiger partial charge in [-0.1, -0.05) is 18.8 Å². The highest BCUT2D eigenvalue weighted by Crippen LogP contribution is 2.26. The Morgan fingerprint density at radius 3 is 2.60 bits per heavy atom. The number of nitrogens with zero attached hydrogens (tertiary/aromatic N) is 1. The number of benzene rings is 1. The highest BCUT2D eigenvalue weighted by Gasteiger charge is 2.31. The molecular weight excluding hydrogens is 261 g/mol. The minimum atomic E-state index is -0.556. The lowest BCUT2D eigenvalue weighted by molar-refractivity contribution is -0.130. The summed E-state index contributed by atoms with van der Waals surface area (Å²) in [5.41, 5.74) is 0.367. The van der Waals surface area contributed by atoms with E-state index in [1.54, 1.807) is 0 Å². The van der Waals surface area contributed by atoms with Crippen molar-refractivity contribution < 1.29 is 19.1 Å². The number of amides is 2. The fraction of sp³-hybridized carbons (Fsp3) is 0.333. The third-order valence-corrected chi connectivity index (χ3v) is 3.06. The second kappa shape index (κ2) is 5.85. The topological polar surface area (TPSA) is 57.6 Å². The molecule has 1 aromatic rings. The molecule has 2 rings (SSSR count). The molecule has 0 spiro atoms. The Morgan fingerprint density at radius 2 is 2.00 bits per heavy atom. The number of anilines is 1. The van der Waals surface area contributed by atoms with Crippen molar-refractivity contribution in [2.45, 2.75) is 19.8 Å². The molecule has 1 aromatic carbocycles. The summed E-state index contributed by atoms with van der Waals surface area (Å²) in [6.07, 6.45) is 0.585. The van der Waals surface area contributed by atoms with E-state index in [-0.39, 0.29) is 29.9 Å². The van der Waals surface area contributed by atoms with Gasteiger partial charge in [0.25, 0.3) is 0 Å². The second-order valence-electron chi connectivity index (χ2n) is 4.76. The summed E-state index contributed by atoms with van der Waals surface area (Å²) in [5.74, 6) is 3.69. The van der Waals surface area contributed by atoms with Gasteiger partial charge in [0, 0.05) is 12.8 Å². The van der Waals surface area contributed by atoms with Gasteiger partial charge in [-0.05, 0) is 24.1 Å². The van der Waals surface area contributed by atoms with Crippen LogP contribution in [0.3, 0.4) is 0 Å². The second-order valence-corrected chi connectivity index (χ2v) is 4.76. The number of aliphatic hydroxyl groups excluding tert-OH is 1.